The highest BCUT2D eigenvalue weighted by atomic mass is 19.2. The van der Waals surface area contributed by atoms with Gasteiger partial charge < -0.3 is 10.6 Å². The molecule has 1 aromatic carbocycles. The van der Waals surface area contributed by atoms with Crippen molar-refractivity contribution in [2.45, 2.75) is 39.3 Å². The molecule has 132 valence electrons. The van der Waals surface area contributed by atoms with E-state index in [0.717, 1.165) is 42.9 Å². The van der Waals surface area contributed by atoms with E-state index in [1.54, 1.807) is 0 Å². The van der Waals surface area contributed by atoms with Crippen LogP contribution in [0.15, 0.2) is 24.4 Å². The van der Waals surface area contributed by atoms with Crippen molar-refractivity contribution in [2.24, 2.45) is 0 Å². The molecule has 0 saturated carbocycles. The summed E-state index contributed by atoms with van der Waals surface area (Å²) in [6.07, 6.45) is 3.43. The maximum atomic E-state index is 13.2. The largest absolute Gasteiger partial charge is 0.352 e. The van der Waals surface area contributed by atoms with E-state index < -0.39 is 11.6 Å². The van der Waals surface area contributed by atoms with Crippen molar-refractivity contribution in [3.05, 3.63) is 64.0 Å². The number of benzene rings is 1. The van der Waals surface area contributed by atoms with E-state index in [0.29, 0.717) is 18.5 Å². The van der Waals surface area contributed by atoms with Gasteiger partial charge in [-0.05, 0) is 60.7 Å². The first-order valence-corrected chi connectivity index (χ1v) is 8.42. The van der Waals surface area contributed by atoms with Crippen LogP contribution >= 0.6 is 0 Å². The van der Waals surface area contributed by atoms with Crippen LogP contribution in [0.1, 0.15) is 34.4 Å². The van der Waals surface area contributed by atoms with E-state index in [2.05, 4.69) is 15.6 Å². The molecule has 0 spiro atoms. The van der Waals surface area contributed by atoms with Crippen molar-refractivity contribution in [3.63, 3.8) is 0 Å². The Hall–Kier alpha value is -2.34. The lowest BCUT2D eigenvalue weighted by Crippen LogP contribution is -2.29. The predicted molar refractivity (Wildman–Crippen MR) is 90.9 cm³/mol. The normalized spacial score (nSPS) is 13.4. The molecule has 1 aliphatic heterocycles. The third kappa shape index (κ3) is 4.20. The van der Waals surface area contributed by atoms with Gasteiger partial charge in [-0.1, -0.05) is 6.07 Å². The monoisotopic (exact) mass is 345 g/mol. The number of amides is 1. The summed E-state index contributed by atoms with van der Waals surface area (Å²) in [5.41, 5.74) is 5.08. The lowest BCUT2D eigenvalue weighted by atomic mass is 9.96. The Labute approximate surface area is 145 Å². The molecule has 0 saturated heterocycles. The molecule has 1 aliphatic rings. The van der Waals surface area contributed by atoms with Crippen molar-refractivity contribution in [1.29, 1.82) is 0 Å². The standard InChI is InChI=1S/C19H21F2N3O/c1-12-16(15-6-7-22-9-14(15)10-23-12)11-24-19(25)5-3-13-2-4-17(20)18(21)8-13/h2,4,8,10,22H,3,5-7,9,11H2,1H3,(H,24,25). The number of pyridine rings is 1. The molecule has 0 atom stereocenters. The van der Waals surface area contributed by atoms with Crippen LogP contribution in [0.2, 0.25) is 0 Å². The van der Waals surface area contributed by atoms with Crippen LogP contribution in [-0.4, -0.2) is 17.4 Å². The predicted octanol–water partition coefficient (Wildman–Crippen LogP) is 2.56. The SMILES string of the molecule is Cc1ncc2c(c1CNC(=O)CCc1ccc(F)c(F)c1)CCNC2. The summed E-state index contributed by atoms with van der Waals surface area (Å²) in [7, 11) is 0. The van der Waals surface area contributed by atoms with Gasteiger partial charge in [0.15, 0.2) is 11.6 Å². The summed E-state index contributed by atoms with van der Waals surface area (Å²) in [5.74, 6) is -1.88. The minimum Gasteiger partial charge on any atom is -0.352 e. The number of halogens is 2. The minimum atomic E-state index is -0.885. The second-order valence-electron chi connectivity index (χ2n) is 6.28. The van der Waals surface area contributed by atoms with Crippen molar-refractivity contribution in [3.8, 4) is 0 Å². The Bertz CT molecular complexity index is 792. The van der Waals surface area contributed by atoms with Crippen molar-refractivity contribution in [2.75, 3.05) is 6.54 Å². The van der Waals surface area contributed by atoms with E-state index in [1.165, 1.54) is 17.2 Å². The van der Waals surface area contributed by atoms with Crippen LogP contribution in [0, 0.1) is 18.6 Å². The summed E-state index contributed by atoms with van der Waals surface area (Å²) in [6, 6.07) is 3.72. The fourth-order valence-corrected chi connectivity index (χ4v) is 3.11. The Morgan fingerprint density at radius 1 is 1.32 bits per heavy atom. The van der Waals surface area contributed by atoms with E-state index in [4.69, 9.17) is 0 Å². The molecule has 2 N–H and O–H groups in total. The van der Waals surface area contributed by atoms with Gasteiger partial charge in [-0.25, -0.2) is 8.78 Å². The van der Waals surface area contributed by atoms with Crippen LogP contribution in [0.25, 0.3) is 0 Å². The molecule has 0 fully saturated rings. The molecule has 3 rings (SSSR count). The molecule has 2 aromatic rings. The van der Waals surface area contributed by atoms with E-state index in [9.17, 15) is 13.6 Å². The van der Waals surface area contributed by atoms with E-state index >= 15 is 0 Å². The first-order valence-electron chi connectivity index (χ1n) is 8.42. The maximum Gasteiger partial charge on any atom is 0.220 e. The highest BCUT2D eigenvalue weighted by Gasteiger charge is 2.16. The first-order chi connectivity index (χ1) is 12.0. The van der Waals surface area contributed by atoms with Crippen molar-refractivity contribution >= 4 is 5.91 Å². The fraction of sp³-hybridized carbons (Fsp3) is 0.368. The quantitative estimate of drug-likeness (QED) is 0.876. The number of rotatable bonds is 5. The van der Waals surface area contributed by atoms with Gasteiger partial charge >= 0.3 is 0 Å². The molecule has 1 aromatic heterocycles. The van der Waals surface area contributed by atoms with Crippen LogP contribution in [0.5, 0.6) is 0 Å². The molecule has 0 unspecified atom stereocenters. The Morgan fingerprint density at radius 3 is 2.96 bits per heavy atom. The van der Waals surface area contributed by atoms with Gasteiger partial charge in [0.05, 0.1) is 0 Å². The second-order valence-corrected chi connectivity index (χ2v) is 6.28. The van der Waals surface area contributed by atoms with Gasteiger partial charge in [0, 0.05) is 31.4 Å². The number of aromatic nitrogens is 1. The molecule has 0 radical (unpaired) electrons. The molecule has 6 heteroatoms. The zero-order valence-corrected chi connectivity index (χ0v) is 14.2. The highest BCUT2D eigenvalue weighted by molar-refractivity contribution is 5.76. The van der Waals surface area contributed by atoms with Crippen molar-refractivity contribution < 1.29 is 13.6 Å². The summed E-state index contributed by atoms with van der Waals surface area (Å²) in [4.78, 5) is 16.5. The van der Waals surface area contributed by atoms with Gasteiger partial charge in [0.25, 0.3) is 0 Å². The summed E-state index contributed by atoms with van der Waals surface area (Å²) in [5, 5.41) is 6.23. The lowest BCUT2D eigenvalue weighted by Gasteiger charge is -2.21. The fourth-order valence-electron chi connectivity index (χ4n) is 3.11. The number of hydrogen-bond acceptors (Lipinski definition) is 3. The number of nitrogens with zero attached hydrogens (tertiary/aromatic N) is 1. The van der Waals surface area contributed by atoms with Gasteiger partial charge in [0.2, 0.25) is 5.91 Å². The topological polar surface area (TPSA) is 54.0 Å². The minimum absolute atomic E-state index is 0.115. The zero-order chi connectivity index (χ0) is 17.8. The zero-order valence-electron chi connectivity index (χ0n) is 14.2. The van der Waals surface area contributed by atoms with Gasteiger partial charge in [-0.15, -0.1) is 0 Å². The number of fused-ring (bicyclic) bond motifs is 1. The van der Waals surface area contributed by atoms with Crippen LogP contribution in [0.3, 0.4) is 0 Å². The van der Waals surface area contributed by atoms with Crippen LogP contribution in [-0.2, 0) is 30.7 Å². The summed E-state index contributed by atoms with van der Waals surface area (Å²) in [6.45, 7) is 4.12. The first kappa shape index (κ1) is 17.5. The number of hydrogen-bond donors (Lipinski definition) is 2. The highest BCUT2D eigenvalue weighted by Crippen LogP contribution is 2.20. The smallest absolute Gasteiger partial charge is 0.220 e. The number of carbonyl (C=O) groups is 1. The molecule has 2 heterocycles. The number of carbonyl (C=O) groups excluding carboxylic acids is 1. The lowest BCUT2D eigenvalue weighted by molar-refractivity contribution is -0.121. The third-order valence-electron chi connectivity index (χ3n) is 4.56. The molecular formula is C19H21F2N3O. The van der Waals surface area contributed by atoms with Crippen LogP contribution in [0.4, 0.5) is 8.78 Å². The second kappa shape index (κ2) is 7.70. The summed E-state index contributed by atoms with van der Waals surface area (Å²) < 4.78 is 26.1. The Morgan fingerprint density at radius 2 is 2.16 bits per heavy atom. The molecule has 1 amide bonds. The third-order valence-corrected chi connectivity index (χ3v) is 4.56. The van der Waals surface area contributed by atoms with E-state index in [1.807, 2.05) is 13.1 Å². The molecule has 4 nitrogen and oxygen atoms in total. The molecular weight excluding hydrogens is 324 g/mol. The Balaban J connectivity index is 1.58. The van der Waals surface area contributed by atoms with Crippen molar-refractivity contribution in [1.82, 2.24) is 15.6 Å². The average Bonchev–Trinajstić information content (AvgIpc) is 2.62. The van der Waals surface area contributed by atoms with Gasteiger partial charge in [-0.3, -0.25) is 9.78 Å². The molecule has 0 aliphatic carbocycles. The summed E-state index contributed by atoms with van der Waals surface area (Å²) >= 11 is 0. The van der Waals surface area contributed by atoms with Gasteiger partial charge in [-0.2, -0.15) is 0 Å². The average molecular weight is 345 g/mol. The number of aryl methyl sites for hydroxylation is 2. The maximum absolute atomic E-state index is 13.2. The van der Waals surface area contributed by atoms with Crippen LogP contribution < -0.4 is 10.6 Å². The molecule has 0 bridgehead atoms. The Kier molecular flexibility index (Phi) is 5.38. The number of nitrogens with one attached hydrogen (secondary N) is 2. The van der Waals surface area contributed by atoms with Gasteiger partial charge in [0.1, 0.15) is 0 Å². The van der Waals surface area contributed by atoms with E-state index in [-0.39, 0.29) is 12.3 Å². The molecule has 25 heavy (non-hydrogen) atoms.